The summed E-state index contributed by atoms with van der Waals surface area (Å²) in [4.78, 5) is 22.9. The number of nitrogens with one attached hydrogen (secondary N) is 2. The van der Waals surface area contributed by atoms with Crippen LogP contribution in [0.15, 0.2) is 30.4 Å². The number of benzene rings is 1. The first-order chi connectivity index (χ1) is 9.82. The molecule has 0 saturated carbocycles. The van der Waals surface area contributed by atoms with Crippen LogP contribution in [0.5, 0.6) is 0 Å². The van der Waals surface area contributed by atoms with Gasteiger partial charge in [0, 0.05) is 18.7 Å². The minimum absolute atomic E-state index is 0.0437. The molecule has 4 N–H and O–H groups in total. The molecule has 112 valence electrons. The molecule has 2 amide bonds. The normalized spacial score (nSPS) is 9.90. The maximum atomic E-state index is 13.6. The van der Waals surface area contributed by atoms with E-state index in [1.165, 1.54) is 6.07 Å². The molecule has 0 aliphatic heterocycles. The van der Waals surface area contributed by atoms with Crippen LogP contribution in [0.3, 0.4) is 0 Å². The Morgan fingerprint density at radius 3 is 2.43 bits per heavy atom. The standard InChI is InChI=1S/C13H16BFN2O4/c1-8(2)12(18)16-5-6-17-13(19)10-4-3-9(14(20)21)7-11(10)15/h3-4,7,20-21H,1,5-6H2,2H3,(H,16,18)(H,17,19). The summed E-state index contributed by atoms with van der Waals surface area (Å²) >= 11 is 0. The zero-order chi connectivity index (χ0) is 16.0. The first kappa shape index (κ1) is 16.9. The Hall–Kier alpha value is -2.19. The first-order valence-electron chi connectivity index (χ1n) is 6.20. The summed E-state index contributed by atoms with van der Waals surface area (Å²) in [6.07, 6.45) is 0. The number of amides is 2. The fourth-order valence-electron chi connectivity index (χ4n) is 1.47. The summed E-state index contributed by atoms with van der Waals surface area (Å²) in [7, 11) is -1.80. The Morgan fingerprint density at radius 1 is 1.29 bits per heavy atom. The molecule has 1 aromatic carbocycles. The lowest BCUT2D eigenvalue weighted by atomic mass is 9.80. The Bertz CT molecular complexity index is 563. The minimum Gasteiger partial charge on any atom is -0.423 e. The van der Waals surface area contributed by atoms with E-state index in [0.29, 0.717) is 5.57 Å². The van der Waals surface area contributed by atoms with Crippen molar-refractivity contribution in [3.8, 4) is 0 Å². The van der Waals surface area contributed by atoms with Crippen molar-refractivity contribution >= 4 is 24.4 Å². The van der Waals surface area contributed by atoms with Crippen molar-refractivity contribution in [1.82, 2.24) is 10.6 Å². The quantitative estimate of drug-likeness (QED) is 0.305. The van der Waals surface area contributed by atoms with Gasteiger partial charge in [0.15, 0.2) is 0 Å². The Balaban J connectivity index is 2.53. The molecule has 0 aliphatic carbocycles. The molecule has 1 rings (SSSR count). The highest BCUT2D eigenvalue weighted by Gasteiger charge is 2.16. The molecule has 0 aliphatic rings. The molecule has 0 atom stereocenters. The lowest BCUT2D eigenvalue weighted by Crippen LogP contribution is -2.36. The van der Waals surface area contributed by atoms with Gasteiger partial charge in [0.25, 0.3) is 5.91 Å². The lowest BCUT2D eigenvalue weighted by Gasteiger charge is -2.08. The third kappa shape index (κ3) is 5.01. The summed E-state index contributed by atoms with van der Waals surface area (Å²) in [5.41, 5.74) is 0.0916. The summed E-state index contributed by atoms with van der Waals surface area (Å²) in [5.74, 6) is -1.84. The van der Waals surface area contributed by atoms with Crippen LogP contribution in [0.1, 0.15) is 17.3 Å². The van der Waals surface area contributed by atoms with Crippen molar-refractivity contribution in [2.45, 2.75) is 6.92 Å². The molecule has 1 aromatic rings. The van der Waals surface area contributed by atoms with Crippen LogP contribution in [-0.4, -0.2) is 42.1 Å². The number of halogens is 1. The van der Waals surface area contributed by atoms with Gasteiger partial charge in [-0.25, -0.2) is 4.39 Å². The van der Waals surface area contributed by atoms with Crippen LogP contribution in [0.2, 0.25) is 0 Å². The number of hydrogen-bond acceptors (Lipinski definition) is 4. The highest BCUT2D eigenvalue weighted by Crippen LogP contribution is 2.05. The van der Waals surface area contributed by atoms with Gasteiger partial charge in [-0.2, -0.15) is 0 Å². The Kier molecular flexibility index (Phi) is 6.07. The van der Waals surface area contributed by atoms with Crippen LogP contribution >= 0.6 is 0 Å². The predicted octanol–water partition coefficient (Wildman–Crippen LogP) is -1.07. The topological polar surface area (TPSA) is 98.7 Å². The third-order valence-electron chi connectivity index (χ3n) is 2.62. The molecule has 0 radical (unpaired) electrons. The fourth-order valence-corrected chi connectivity index (χ4v) is 1.47. The number of hydrogen-bond donors (Lipinski definition) is 4. The maximum absolute atomic E-state index is 13.6. The van der Waals surface area contributed by atoms with E-state index in [0.717, 1.165) is 12.1 Å². The monoisotopic (exact) mass is 294 g/mol. The van der Waals surface area contributed by atoms with E-state index in [2.05, 4.69) is 17.2 Å². The van der Waals surface area contributed by atoms with Gasteiger partial charge in [-0.05, 0) is 24.5 Å². The van der Waals surface area contributed by atoms with E-state index in [4.69, 9.17) is 10.0 Å². The number of carbonyl (C=O) groups excluding carboxylic acids is 2. The van der Waals surface area contributed by atoms with Gasteiger partial charge in [0.2, 0.25) is 5.91 Å². The minimum atomic E-state index is -1.80. The zero-order valence-electron chi connectivity index (χ0n) is 11.5. The first-order valence-corrected chi connectivity index (χ1v) is 6.20. The van der Waals surface area contributed by atoms with Crippen LogP contribution in [0.25, 0.3) is 0 Å². The Labute approximate surface area is 121 Å². The third-order valence-corrected chi connectivity index (χ3v) is 2.62. The van der Waals surface area contributed by atoms with Crippen LogP contribution < -0.4 is 16.1 Å². The van der Waals surface area contributed by atoms with Crippen LogP contribution in [0, 0.1) is 5.82 Å². The molecular weight excluding hydrogens is 278 g/mol. The van der Waals surface area contributed by atoms with Crippen molar-refractivity contribution in [2.75, 3.05) is 13.1 Å². The average molecular weight is 294 g/mol. The molecule has 0 heterocycles. The molecule has 0 fully saturated rings. The highest BCUT2D eigenvalue weighted by molar-refractivity contribution is 6.58. The summed E-state index contributed by atoms with van der Waals surface area (Å²) in [6, 6.07) is 3.28. The van der Waals surface area contributed by atoms with Gasteiger partial charge < -0.3 is 20.7 Å². The molecule has 8 heteroatoms. The van der Waals surface area contributed by atoms with Crippen molar-refractivity contribution in [3.63, 3.8) is 0 Å². The van der Waals surface area contributed by atoms with Crippen molar-refractivity contribution < 1.29 is 24.0 Å². The van der Waals surface area contributed by atoms with Gasteiger partial charge in [-0.1, -0.05) is 12.6 Å². The number of carbonyl (C=O) groups is 2. The maximum Gasteiger partial charge on any atom is 0.488 e. The molecule has 0 aromatic heterocycles. The zero-order valence-corrected chi connectivity index (χ0v) is 11.5. The molecular formula is C13H16BFN2O4. The van der Waals surface area contributed by atoms with E-state index < -0.39 is 18.8 Å². The van der Waals surface area contributed by atoms with Crippen molar-refractivity contribution in [3.05, 3.63) is 41.7 Å². The smallest absolute Gasteiger partial charge is 0.423 e. The van der Waals surface area contributed by atoms with Gasteiger partial charge in [-0.3, -0.25) is 9.59 Å². The van der Waals surface area contributed by atoms with Gasteiger partial charge >= 0.3 is 7.12 Å². The number of rotatable bonds is 6. The summed E-state index contributed by atoms with van der Waals surface area (Å²) in [5, 5.41) is 22.7. The average Bonchev–Trinajstić information content (AvgIpc) is 2.42. The SMILES string of the molecule is C=C(C)C(=O)NCCNC(=O)c1ccc(B(O)O)cc1F. The summed E-state index contributed by atoms with van der Waals surface area (Å²) < 4.78 is 13.6. The molecule has 0 spiro atoms. The Morgan fingerprint density at radius 2 is 1.90 bits per heavy atom. The molecule has 6 nitrogen and oxygen atoms in total. The van der Waals surface area contributed by atoms with E-state index >= 15 is 0 Å². The van der Waals surface area contributed by atoms with Crippen LogP contribution in [0.4, 0.5) is 4.39 Å². The van der Waals surface area contributed by atoms with Crippen LogP contribution in [-0.2, 0) is 4.79 Å². The summed E-state index contributed by atoms with van der Waals surface area (Å²) in [6.45, 7) is 5.33. The molecule has 21 heavy (non-hydrogen) atoms. The van der Waals surface area contributed by atoms with E-state index in [1.54, 1.807) is 6.92 Å². The lowest BCUT2D eigenvalue weighted by molar-refractivity contribution is -0.117. The van der Waals surface area contributed by atoms with E-state index in [1.807, 2.05) is 0 Å². The molecule has 0 unspecified atom stereocenters. The molecule has 0 bridgehead atoms. The second-order valence-corrected chi connectivity index (χ2v) is 4.41. The highest BCUT2D eigenvalue weighted by atomic mass is 19.1. The largest absolute Gasteiger partial charge is 0.488 e. The fraction of sp³-hybridized carbons (Fsp3) is 0.231. The van der Waals surface area contributed by atoms with E-state index in [9.17, 15) is 14.0 Å². The second kappa shape index (κ2) is 7.56. The van der Waals surface area contributed by atoms with Crippen molar-refractivity contribution in [2.24, 2.45) is 0 Å². The predicted molar refractivity (Wildman–Crippen MR) is 76.4 cm³/mol. The van der Waals surface area contributed by atoms with Crippen molar-refractivity contribution in [1.29, 1.82) is 0 Å². The molecule has 0 saturated heterocycles. The van der Waals surface area contributed by atoms with E-state index in [-0.39, 0.29) is 30.0 Å². The van der Waals surface area contributed by atoms with Gasteiger partial charge in [0.05, 0.1) is 5.56 Å². The van der Waals surface area contributed by atoms with Gasteiger partial charge in [0.1, 0.15) is 5.82 Å². The second-order valence-electron chi connectivity index (χ2n) is 4.41. The van der Waals surface area contributed by atoms with Gasteiger partial charge in [-0.15, -0.1) is 0 Å².